The molecule has 1 aliphatic carbocycles. The van der Waals surface area contributed by atoms with Crippen molar-refractivity contribution in [1.82, 2.24) is 0 Å². The zero-order valence-corrected chi connectivity index (χ0v) is 13.0. The Hall–Kier alpha value is -1.89. The number of aryl methyl sites for hydroxylation is 1. The van der Waals surface area contributed by atoms with Gasteiger partial charge in [-0.1, -0.05) is 0 Å². The van der Waals surface area contributed by atoms with Gasteiger partial charge < -0.3 is 15.8 Å². The molecule has 21 heavy (non-hydrogen) atoms. The number of amides is 2. The number of hydrogen-bond donors (Lipinski definition) is 2. The second kappa shape index (κ2) is 5.85. The number of carbonyl (C=O) groups excluding carboxylic acids is 3. The summed E-state index contributed by atoms with van der Waals surface area (Å²) in [5.41, 5.74) is 6.14. The van der Waals surface area contributed by atoms with Crippen molar-refractivity contribution in [2.24, 2.45) is 11.7 Å². The fourth-order valence-electron chi connectivity index (χ4n) is 1.80. The maximum Gasteiger partial charge on any atom is 0.342 e. The van der Waals surface area contributed by atoms with E-state index in [9.17, 15) is 14.4 Å². The van der Waals surface area contributed by atoms with Crippen LogP contribution >= 0.6 is 11.3 Å². The first-order valence-corrected chi connectivity index (χ1v) is 7.54. The SMILES string of the molecule is Cc1sc(NC(=O)C2CC2)c(C(=O)O[C@H](C)C(N)=O)c1C. The molecule has 3 N–H and O–H groups in total. The predicted molar refractivity (Wildman–Crippen MR) is 79.2 cm³/mol. The molecule has 1 aliphatic rings. The third kappa shape index (κ3) is 3.41. The Labute approximate surface area is 126 Å². The Morgan fingerprint density at radius 3 is 2.48 bits per heavy atom. The molecule has 0 spiro atoms. The van der Waals surface area contributed by atoms with Gasteiger partial charge in [-0.15, -0.1) is 11.3 Å². The monoisotopic (exact) mass is 310 g/mol. The average Bonchev–Trinajstić information content (AvgIpc) is 3.18. The maximum absolute atomic E-state index is 12.2. The van der Waals surface area contributed by atoms with Crippen LogP contribution in [0.25, 0.3) is 0 Å². The van der Waals surface area contributed by atoms with Crippen LogP contribution in [0.1, 0.15) is 40.6 Å². The second-order valence-electron chi connectivity index (χ2n) is 5.20. The van der Waals surface area contributed by atoms with Gasteiger partial charge in [0.25, 0.3) is 5.91 Å². The van der Waals surface area contributed by atoms with Gasteiger partial charge in [0, 0.05) is 10.8 Å². The van der Waals surface area contributed by atoms with Gasteiger partial charge in [0.1, 0.15) is 5.00 Å². The molecule has 6 nitrogen and oxygen atoms in total. The number of anilines is 1. The summed E-state index contributed by atoms with van der Waals surface area (Å²) in [5.74, 6) is -1.39. The van der Waals surface area contributed by atoms with Crippen LogP contribution < -0.4 is 11.1 Å². The lowest BCUT2D eigenvalue weighted by Gasteiger charge is -2.11. The molecule has 0 unspecified atom stereocenters. The number of thiophene rings is 1. The standard InChI is InChI=1S/C14H18N2O4S/c1-6-8(3)21-13(16-12(18)9-4-5-9)10(6)14(19)20-7(2)11(15)17/h7,9H,4-5H2,1-3H3,(H2,15,17)(H,16,18)/t7-/m1/s1. The molecule has 1 heterocycles. The first-order valence-electron chi connectivity index (χ1n) is 6.72. The number of nitrogens with two attached hydrogens (primary N) is 1. The first-order chi connectivity index (χ1) is 9.81. The van der Waals surface area contributed by atoms with Gasteiger partial charge in [0.15, 0.2) is 6.10 Å². The average molecular weight is 310 g/mol. The van der Waals surface area contributed by atoms with E-state index in [0.29, 0.717) is 10.6 Å². The van der Waals surface area contributed by atoms with E-state index in [0.717, 1.165) is 23.3 Å². The molecule has 1 saturated carbocycles. The Bertz CT molecular complexity index is 604. The zero-order chi connectivity index (χ0) is 15.7. The lowest BCUT2D eigenvalue weighted by atomic mass is 10.1. The molecule has 7 heteroatoms. The summed E-state index contributed by atoms with van der Waals surface area (Å²) in [7, 11) is 0. The number of nitrogens with one attached hydrogen (secondary N) is 1. The van der Waals surface area contributed by atoms with Gasteiger partial charge in [0.2, 0.25) is 5.91 Å². The van der Waals surface area contributed by atoms with Gasteiger partial charge in [-0.25, -0.2) is 4.79 Å². The molecule has 0 bridgehead atoms. The second-order valence-corrected chi connectivity index (χ2v) is 6.43. The van der Waals surface area contributed by atoms with Gasteiger partial charge >= 0.3 is 5.97 Å². The summed E-state index contributed by atoms with van der Waals surface area (Å²) in [6.45, 7) is 5.06. The van der Waals surface area contributed by atoms with Crippen molar-refractivity contribution in [3.05, 3.63) is 16.0 Å². The molecule has 1 aromatic heterocycles. The van der Waals surface area contributed by atoms with Crippen LogP contribution in [0.5, 0.6) is 0 Å². The number of ether oxygens (including phenoxy) is 1. The largest absolute Gasteiger partial charge is 0.449 e. The summed E-state index contributed by atoms with van der Waals surface area (Å²) in [6, 6.07) is 0. The van der Waals surface area contributed by atoms with E-state index in [2.05, 4.69) is 5.32 Å². The van der Waals surface area contributed by atoms with Crippen LogP contribution in [-0.4, -0.2) is 23.9 Å². The molecule has 0 aliphatic heterocycles. The summed E-state index contributed by atoms with van der Waals surface area (Å²) in [5, 5.41) is 3.26. The van der Waals surface area contributed by atoms with Crippen LogP contribution in [0, 0.1) is 19.8 Å². The van der Waals surface area contributed by atoms with E-state index in [1.165, 1.54) is 18.3 Å². The van der Waals surface area contributed by atoms with E-state index in [-0.39, 0.29) is 11.8 Å². The van der Waals surface area contributed by atoms with E-state index in [1.807, 2.05) is 6.92 Å². The van der Waals surface area contributed by atoms with Crippen molar-refractivity contribution in [2.45, 2.75) is 39.7 Å². The summed E-state index contributed by atoms with van der Waals surface area (Å²) in [6.07, 6.45) is 0.755. The quantitative estimate of drug-likeness (QED) is 0.809. The lowest BCUT2D eigenvalue weighted by molar-refractivity contribution is -0.125. The molecule has 0 saturated heterocycles. The molecule has 0 aromatic carbocycles. The highest BCUT2D eigenvalue weighted by Gasteiger charge is 2.32. The highest BCUT2D eigenvalue weighted by atomic mass is 32.1. The van der Waals surface area contributed by atoms with Crippen LogP contribution in [-0.2, 0) is 14.3 Å². The van der Waals surface area contributed by atoms with Gasteiger partial charge in [-0.2, -0.15) is 0 Å². The van der Waals surface area contributed by atoms with Crippen LogP contribution in [0.15, 0.2) is 0 Å². The molecule has 1 atom stereocenters. The number of hydrogen-bond acceptors (Lipinski definition) is 5. The maximum atomic E-state index is 12.2. The van der Waals surface area contributed by atoms with E-state index in [1.54, 1.807) is 6.92 Å². The minimum absolute atomic E-state index is 0.0427. The van der Waals surface area contributed by atoms with Gasteiger partial charge in [0.05, 0.1) is 5.56 Å². The number of carbonyl (C=O) groups is 3. The molecule has 1 aromatic rings. The summed E-state index contributed by atoms with van der Waals surface area (Å²) < 4.78 is 5.03. The predicted octanol–water partition coefficient (Wildman–Crippen LogP) is 1.74. The first kappa shape index (κ1) is 15.5. The molecule has 114 valence electrons. The molecular formula is C14H18N2O4S. The van der Waals surface area contributed by atoms with Crippen LogP contribution in [0.3, 0.4) is 0 Å². The fourth-order valence-corrected chi connectivity index (χ4v) is 2.85. The Morgan fingerprint density at radius 1 is 1.33 bits per heavy atom. The Morgan fingerprint density at radius 2 is 1.95 bits per heavy atom. The summed E-state index contributed by atoms with van der Waals surface area (Å²) in [4.78, 5) is 36.0. The highest BCUT2D eigenvalue weighted by Crippen LogP contribution is 2.36. The Balaban J connectivity index is 2.22. The third-order valence-electron chi connectivity index (χ3n) is 3.46. The Kier molecular flexibility index (Phi) is 4.32. The molecular weight excluding hydrogens is 292 g/mol. The van der Waals surface area contributed by atoms with Crippen molar-refractivity contribution < 1.29 is 19.1 Å². The van der Waals surface area contributed by atoms with Gasteiger partial charge in [-0.05, 0) is 39.2 Å². The fraction of sp³-hybridized carbons (Fsp3) is 0.500. The zero-order valence-electron chi connectivity index (χ0n) is 12.2. The third-order valence-corrected chi connectivity index (χ3v) is 4.58. The molecule has 2 rings (SSSR count). The minimum atomic E-state index is -1.01. The van der Waals surface area contributed by atoms with Crippen molar-refractivity contribution >= 4 is 34.1 Å². The number of rotatable bonds is 5. The van der Waals surface area contributed by atoms with Crippen molar-refractivity contribution in [3.63, 3.8) is 0 Å². The summed E-state index contributed by atoms with van der Waals surface area (Å²) >= 11 is 1.33. The van der Waals surface area contributed by atoms with E-state index in [4.69, 9.17) is 10.5 Å². The van der Waals surface area contributed by atoms with E-state index < -0.39 is 18.0 Å². The lowest BCUT2D eigenvalue weighted by Crippen LogP contribution is -2.30. The highest BCUT2D eigenvalue weighted by molar-refractivity contribution is 7.16. The normalized spacial score (nSPS) is 15.4. The topological polar surface area (TPSA) is 98.5 Å². The molecule has 2 amide bonds. The smallest absolute Gasteiger partial charge is 0.342 e. The number of esters is 1. The minimum Gasteiger partial charge on any atom is -0.449 e. The number of primary amides is 1. The van der Waals surface area contributed by atoms with Crippen molar-refractivity contribution in [2.75, 3.05) is 5.32 Å². The molecule has 1 fully saturated rings. The van der Waals surface area contributed by atoms with Crippen molar-refractivity contribution in [1.29, 1.82) is 0 Å². The van der Waals surface area contributed by atoms with Crippen LogP contribution in [0.4, 0.5) is 5.00 Å². The van der Waals surface area contributed by atoms with E-state index >= 15 is 0 Å². The van der Waals surface area contributed by atoms with Gasteiger partial charge in [-0.3, -0.25) is 9.59 Å². The van der Waals surface area contributed by atoms with Crippen LogP contribution in [0.2, 0.25) is 0 Å². The molecule has 0 radical (unpaired) electrons. The van der Waals surface area contributed by atoms with Crippen molar-refractivity contribution in [3.8, 4) is 0 Å².